The second-order valence-electron chi connectivity index (χ2n) is 3.72. The summed E-state index contributed by atoms with van der Waals surface area (Å²) in [5.74, 6) is 0. The van der Waals surface area contributed by atoms with Crippen molar-refractivity contribution in [3.8, 4) is 0 Å². The van der Waals surface area contributed by atoms with Crippen LogP contribution in [-0.2, 0) is 17.3 Å². The molecule has 2 nitrogen and oxygen atoms in total. The number of aryl methyl sites for hydroxylation is 1. The predicted octanol–water partition coefficient (Wildman–Crippen LogP) is 4.86. The van der Waals surface area contributed by atoms with Gasteiger partial charge in [-0.15, -0.1) is 0 Å². The summed E-state index contributed by atoms with van der Waals surface area (Å²) in [6.45, 7) is 2.12. The zero-order valence-electron chi connectivity index (χ0n) is 11.5. The van der Waals surface area contributed by atoms with Crippen molar-refractivity contribution in [1.82, 2.24) is 0 Å². The summed E-state index contributed by atoms with van der Waals surface area (Å²) in [6.07, 6.45) is 2.96. The molecule has 0 unspecified atom stereocenters. The number of rotatable bonds is 5. The summed E-state index contributed by atoms with van der Waals surface area (Å²) in [7, 11) is 4.94. The Morgan fingerprint density at radius 1 is 1.05 bits per heavy atom. The summed E-state index contributed by atoms with van der Waals surface area (Å²) in [4.78, 5) is 8.61. The molecule has 0 aliphatic heterocycles. The molecule has 0 radical (unpaired) electrons. The second kappa shape index (κ2) is 13.0. The van der Waals surface area contributed by atoms with Gasteiger partial charge < -0.3 is 0 Å². The van der Waals surface area contributed by atoms with Crippen LogP contribution in [0, 0.1) is 0 Å². The Morgan fingerprint density at radius 3 is 2.00 bits per heavy atom. The molecule has 0 spiro atoms. The van der Waals surface area contributed by atoms with Crippen LogP contribution in [0.3, 0.4) is 0 Å². The van der Waals surface area contributed by atoms with Gasteiger partial charge in [-0.1, -0.05) is 37.3 Å². The Kier molecular flexibility index (Phi) is 13.0. The van der Waals surface area contributed by atoms with Crippen LogP contribution < -0.4 is 0 Å². The van der Waals surface area contributed by atoms with Gasteiger partial charge in [0.1, 0.15) is 0 Å². The van der Waals surface area contributed by atoms with E-state index in [2.05, 4.69) is 69.6 Å². The molecule has 0 aliphatic rings. The first-order valence-electron chi connectivity index (χ1n) is 6.01. The summed E-state index contributed by atoms with van der Waals surface area (Å²) in [6, 6.07) is 10.5. The molecule has 0 N–H and O–H groups in total. The molecule has 5 heteroatoms. The summed E-state index contributed by atoms with van der Waals surface area (Å²) >= 11 is 6.00. The van der Waals surface area contributed by atoms with Crippen LogP contribution >= 0.6 is 28.5 Å². The summed E-state index contributed by atoms with van der Waals surface area (Å²) in [5, 5.41) is 0. The third-order valence-electron chi connectivity index (χ3n) is 2.70. The van der Waals surface area contributed by atoms with Gasteiger partial charge in [-0.25, -0.2) is 0 Å². The summed E-state index contributed by atoms with van der Waals surface area (Å²) < 4.78 is 0. The summed E-state index contributed by atoms with van der Waals surface area (Å²) in [5.41, 5.74) is 3.61. The topological polar surface area (TPSA) is 24.7 Å². The van der Waals surface area contributed by atoms with Gasteiger partial charge in [0.25, 0.3) is 0 Å². The zero-order chi connectivity index (χ0) is 14.5. The first-order valence-corrected chi connectivity index (χ1v) is 10.9. The fourth-order valence-electron chi connectivity index (χ4n) is 1.78. The van der Waals surface area contributed by atoms with Crippen molar-refractivity contribution in [3.05, 3.63) is 35.9 Å². The normalized spacial score (nSPS) is 12.1. The van der Waals surface area contributed by atoms with Gasteiger partial charge in [0, 0.05) is 14.1 Å². The molecule has 0 atom stereocenters. The number of benzene rings is 1. The van der Waals surface area contributed by atoms with E-state index < -0.39 is 0 Å². The average molecular weight is 435 g/mol. The molecule has 1 aromatic carbocycles. The van der Waals surface area contributed by atoms with Gasteiger partial charge in [-0.3, -0.25) is 9.98 Å². The van der Waals surface area contributed by atoms with E-state index in [4.69, 9.17) is 0 Å². The number of aliphatic imine (C=N–C) groups is 2. The van der Waals surface area contributed by atoms with Crippen molar-refractivity contribution >= 4 is 39.9 Å². The van der Waals surface area contributed by atoms with Crippen molar-refractivity contribution in [1.29, 1.82) is 0 Å². The van der Waals surface area contributed by atoms with E-state index in [0.29, 0.717) is 0 Å². The maximum atomic E-state index is 4.33. The molecule has 1 rings (SSSR count). The quantitative estimate of drug-likeness (QED) is 0.467. The van der Waals surface area contributed by atoms with Crippen LogP contribution in [-0.4, -0.2) is 25.5 Å². The molecular weight excluding hydrogens is 415 g/mol. The molecule has 0 saturated heterocycles. The zero-order valence-corrected chi connectivity index (χ0v) is 15.6. The molecule has 0 saturated carbocycles. The Hall–Kier alpha value is 0.0135. The molecular formula is C14H20Br2N2Ni. The standard InChI is InChI=1S/C14H20N2.2BrH.Ni/c1-4-13(15-2)14(16-3)11-10-12-8-6-5-7-9-12;;;/h5-9H,4,10-11H2,1-3H3;2*1H;/q;;;+2/p-2. The Balaban J connectivity index is 0.000000982. The van der Waals surface area contributed by atoms with E-state index >= 15 is 0 Å². The van der Waals surface area contributed by atoms with E-state index in [1.54, 1.807) is 0 Å². The molecule has 0 amide bonds. The van der Waals surface area contributed by atoms with Gasteiger partial charge in [-0.05, 0) is 24.8 Å². The maximum absolute atomic E-state index is 4.33. The van der Waals surface area contributed by atoms with Crippen molar-refractivity contribution in [2.45, 2.75) is 26.2 Å². The third-order valence-corrected chi connectivity index (χ3v) is 2.70. The molecule has 0 bridgehead atoms. The first-order chi connectivity index (χ1) is 9.23. The van der Waals surface area contributed by atoms with Crippen molar-refractivity contribution in [3.63, 3.8) is 0 Å². The van der Waals surface area contributed by atoms with Crippen LogP contribution in [0.5, 0.6) is 0 Å². The van der Waals surface area contributed by atoms with Gasteiger partial charge in [-0.2, -0.15) is 0 Å². The molecule has 0 fully saturated rings. The van der Waals surface area contributed by atoms with Crippen LogP contribution in [0.1, 0.15) is 25.3 Å². The van der Waals surface area contributed by atoms with Crippen molar-refractivity contribution < 1.29 is 10.9 Å². The van der Waals surface area contributed by atoms with Gasteiger partial charge >= 0.3 is 39.3 Å². The molecule has 0 aliphatic carbocycles. The SMILES string of the molecule is CCC(=NC)C(CCc1ccccc1)=NC.[Br][Ni][Br]. The van der Waals surface area contributed by atoms with Gasteiger partial charge in [0.05, 0.1) is 11.4 Å². The molecule has 0 heterocycles. The fourth-order valence-corrected chi connectivity index (χ4v) is 1.78. The predicted molar refractivity (Wildman–Crippen MR) is 89.6 cm³/mol. The Labute approximate surface area is 136 Å². The third kappa shape index (κ3) is 8.72. The second-order valence-corrected chi connectivity index (χ2v) is 8.71. The Bertz CT molecular complexity index is 392. The van der Waals surface area contributed by atoms with Gasteiger partial charge in [0.15, 0.2) is 0 Å². The molecule has 0 aromatic heterocycles. The molecule has 1 aromatic rings. The van der Waals surface area contributed by atoms with Crippen LogP contribution in [0.15, 0.2) is 40.3 Å². The van der Waals surface area contributed by atoms with E-state index in [-0.39, 0.29) is 0 Å². The van der Waals surface area contributed by atoms with Crippen molar-refractivity contribution in [2.75, 3.05) is 14.1 Å². The number of hydrogen-bond donors (Lipinski definition) is 0. The molecule has 19 heavy (non-hydrogen) atoms. The van der Waals surface area contributed by atoms with E-state index in [1.165, 1.54) is 16.5 Å². The number of nitrogens with zero attached hydrogens (tertiary/aromatic N) is 2. The van der Waals surface area contributed by atoms with E-state index in [9.17, 15) is 0 Å². The minimum absolute atomic E-state index is 0.956. The monoisotopic (exact) mass is 432 g/mol. The van der Waals surface area contributed by atoms with Crippen molar-refractivity contribution in [2.24, 2.45) is 9.98 Å². The van der Waals surface area contributed by atoms with Crippen LogP contribution in [0.2, 0.25) is 0 Å². The van der Waals surface area contributed by atoms with E-state index in [0.717, 1.165) is 30.7 Å². The van der Waals surface area contributed by atoms with Crippen LogP contribution in [0.4, 0.5) is 0 Å². The van der Waals surface area contributed by atoms with Crippen LogP contribution in [0.25, 0.3) is 0 Å². The fraction of sp³-hybridized carbons (Fsp3) is 0.429. The number of hydrogen-bond acceptors (Lipinski definition) is 2. The Morgan fingerprint density at radius 2 is 1.58 bits per heavy atom. The first kappa shape index (κ1) is 19.0. The number of halogens is 2. The van der Waals surface area contributed by atoms with E-state index in [1.807, 2.05) is 20.2 Å². The van der Waals surface area contributed by atoms with Gasteiger partial charge in [0.2, 0.25) is 0 Å². The molecule has 110 valence electrons. The minimum atomic E-state index is 0.956. The average Bonchev–Trinajstić information content (AvgIpc) is 2.45.